The van der Waals surface area contributed by atoms with Gasteiger partial charge < -0.3 is 15.5 Å². The topological polar surface area (TPSA) is 44.4 Å². The maximum Gasteiger partial charge on any atom is 0.237 e. The van der Waals surface area contributed by atoms with E-state index in [1.807, 2.05) is 0 Å². The third-order valence-corrected chi connectivity index (χ3v) is 4.89. The number of nitrogens with one attached hydrogen (secondary N) is 2. The molecule has 1 amide bonds. The van der Waals surface area contributed by atoms with Crippen LogP contribution in [0.15, 0.2) is 0 Å². The molecule has 2 rings (SSSR count). The van der Waals surface area contributed by atoms with Gasteiger partial charge in [0.2, 0.25) is 5.91 Å². The predicted octanol–water partition coefficient (Wildman–Crippen LogP) is 1.76. The third kappa shape index (κ3) is 4.19. The Bertz CT molecular complexity index is 294. The molecule has 0 aromatic heterocycles. The first kappa shape index (κ1) is 15.8. The van der Waals surface area contributed by atoms with E-state index in [0.29, 0.717) is 6.04 Å². The quantitative estimate of drug-likeness (QED) is 0.747. The van der Waals surface area contributed by atoms with E-state index < -0.39 is 0 Å². The van der Waals surface area contributed by atoms with Crippen LogP contribution >= 0.6 is 0 Å². The number of nitrogens with zero attached hydrogens (tertiary/aromatic N) is 1. The maximum absolute atomic E-state index is 12.2. The van der Waals surface area contributed by atoms with Crippen LogP contribution in [0.3, 0.4) is 0 Å². The molecule has 2 fully saturated rings. The van der Waals surface area contributed by atoms with E-state index in [1.165, 1.54) is 32.1 Å². The molecule has 1 heterocycles. The van der Waals surface area contributed by atoms with Crippen molar-refractivity contribution in [3.05, 3.63) is 0 Å². The van der Waals surface area contributed by atoms with Crippen molar-refractivity contribution in [2.45, 2.75) is 64.5 Å². The number of carbonyl (C=O) groups excluding carboxylic acids is 1. The Morgan fingerprint density at radius 2 is 2.05 bits per heavy atom. The summed E-state index contributed by atoms with van der Waals surface area (Å²) in [5.41, 5.74) is 0. The van der Waals surface area contributed by atoms with Crippen molar-refractivity contribution < 1.29 is 4.79 Å². The maximum atomic E-state index is 12.2. The molecule has 2 N–H and O–H groups in total. The van der Waals surface area contributed by atoms with Crippen LogP contribution in [0, 0.1) is 5.92 Å². The van der Waals surface area contributed by atoms with Crippen LogP contribution < -0.4 is 10.6 Å². The minimum Gasteiger partial charge on any atom is -0.353 e. The van der Waals surface area contributed by atoms with Gasteiger partial charge in [-0.25, -0.2) is 0 Å². The summed E-state index contributed by atoms with van der Waals surface area (Å²) in [5.74, 6) is 0.957. The molecular formula is C16H31N3O. The van der Waals surface area contributed by atoms with Gasteiger partial charge in [0.15, 0.2) is 0 Å². The van der Waals surface area contributed by atoms with Crippen molar-refractivity contribution >= 4 is 5.91 Å². The molecule has 0 aromatic carbocycles. The first-order valence-corrected chi connectivity index (χ1v) is 8.50. The van der Waals surface area contributed by atoms with E-state index in [2.05, 4.69) is 29.4 Å². The highest BCUT2D eigenvalue weighted by Gasteiger charge is 2.37. The summed E-state index contributed by atoms with van der Waals surface area (Å²) in [6.07, 6.45) is 7.46. The molecule has 116 valence electrons. The summed E-state index contributed by atoms with van der Waals surface area (Å²) in [5, 5.41) is 6.66. The van der Waals surface area contributed by atoms with Gasteiger partial charge in [-0.15, -0.1) is 0 Å². The van der Waals surface area contributed by atoms with Gasteiger partial charge in [-0.2, -0.15) is 0 Å². The van der Waals surface area contributed by atoms with Crippen molar-refractivity contribution in [1.82, 2.24) is 15.5 Å². The van der Waals surface area contributed by atoms with Crippen LogP contribution in [0.5, 0.6) is 0 Å². The largest absolute Gasteiger partial charge is 0.353 e. The second kappa shape index (κ2) is 7.99. The zero-order valence-electron chi connectivity index (χ0n) is 13.2. The fourth-order valence-electron chi connectivity index (χ4n) is 3.73. The Labute approximate surface area is 123 Å². The number of rotatable bonds is 7. The molecule has 0 spiro atoms. The third-order valence-electron chi connectivity index (χ3n) is 4.89. The van der Waals surface area contributed by atoms with Crippen LogP contribution in [-0.2, 0) is 4.79 Å². The lowest BCUT2D eigenvalue weighted by Crippen LogP contribution is -2.45. The van der Waals surface area contributed by atoms with Crippen LogP contribution in [-0.4, -0.2) is 49.1 Å². The van der Waals surface area contributed by atoms with Crippen LogP contribution in [0.1, 0.15) is 52.4 Å². The molecular weight excluding hydrogens is 250 g/mol. The van der Waals surface area contributed by atoms with Gasteiger partial charge in [0, 0.05) is 19.1 Å². The smallest absolute Gasteiger partial charge is 0.237 e. The molecule has 1 saturated carbocycles. The monoisotopic (exact) mass is 281 g/mol. The zero-order chi connectivity index (χ0) is 14.4. The lowest BCUT2D eigenvalue weighted by molar-refractivity contribution is -0.122. The molecule has 4 heteroatoms. The standard InChI is InChI=1S/C16H31N3O/c1-3-10-19(4-2)11-9-17-16(20)15-12-13-7-5-6-8-14(13)18-15/h13-15,18H,3-12H2,1-2H3,(H,17,20). The highest BCUT2D eigenvalue weighted by atomic mass is 16.2. The molecule has 1 aliphatic carbocycles. The van der Waals surface area contributed by atoms with Crippen molar-refractivity contribution in [3.8, 4) is 0 Å². The average molecular weight is 281 g/mol. The molecule has 0 aromatic rings. The van der Waals surface area contributed by atoms with Crippen molar-refractivity contribution in [2.75, 3.05) is 26.2 Å². The zero-order valence-corrected chi connectivity index (χ0v) is 13.2. The van der Waals surface area contributed by atoms with E-state index in [1.54, 1.807) is 0 Å². The Balaban J connectivity index is 1.67. The van der Waals surface area contributed by atoms with Gasteiger partial charge in [-0.3, -0.25) is 4.79 Å². The molecule has 1 aliphatic heterocycles. The molecule has 3 unspecified atom stereocenters. The second-order valence-electron chi connectivity index (χ2n) is 6.33. The summed E-state index contributed by atoms with van der Waals surface area (Å²) in [6.45, 7) is 8.32. The summed E-state index contributed by atoms with van der Waals surface area (Å²) in [7, 11) is 0. The minimum atomic E-state index is 0.0596. The number of likely N-dealkylation sites (N-methyl/N-ethyl adjacent to an activating group) is 1. The van der Waals surface area contributed by atoms with Gasteiger partial charge in [0.25, 0.3) is 0 Å². The molecule has 20 heavy (non-hydrogen) atoms. The van der Waals surface area contributed by atoms with Crippen molar-refractivity contribution in [1.29, 1.82) is 0 Å². The normalized spacial score (nSPS) is 29.4. The van der Waals surface area contributed by atoms with Crippen LogP contribution in [0.2, 0.25) is 0 Å². The Hall–Kier alpha value is -0.610. The summed E-state index contributed by atoms with van der Waals surface area (Å²) < 4.78 is 0. The summed E-state index contributed by atoms with van der Waals surface area (Å²) in [6, 6.07) is 0.663. The van der Waals surface area contributed by atoms with E-state index >= 15 is 0 Å². The van der Waals surface area contributed by atoms with Gasteiger partial charge in [0.05, 0.1) is 6.04 Å². The Morgan fingerprint density at radius 3 is 2.75 bits per heavy atom. The molecule has 4 nitrogen and oxygen atoms in total. The number of hydrogen-bond acceptors (Lipinski definition) is 3. The molecule has 3 atom stereocenters. The fraction of sp³-hybridized carbons (Fsp3) is 0.938. The molecule has 1 saturated heterocycles. The van der Waals surface area contributed by atoms with Crippen molar-refractivity contribution in [2.24, 2.45) is 5.92 Å². The van der Waals surface area contributed by atoms with E-state index in [4.69, 9.17) is 0 Å². The van der Waals surface area contributed by atoms with Gasteiger partial charge in [0.1, 0.15) is 0 Å². The van der Waals surface area contributed by atoms with E-state index in [0.717, 1.165) is 38.5 Å². The molecule has 0 bridgehead atoms. The highest BCUT2D eigenvalue weighted by molar-refractivity contribution is 5.82. The average Bonchev–Trinajstić information content (AvgIpc) is 2.90. The van der Waals surface area contributed by atoms with Crippen molar-refractivity contribution in [3.63, 3.8) is 0 Å². The fourth-order valence-corrected chi connectivity index (χ4v) is 3.73. The molecule has 0 radical (unpaired) electrons. The van der Waals surface area contributed by atoms with Crippen LogP contribution in [0.25, 0.3) is 0 Å². The Morgan fingerprint density at radius 1 is 1.25 bits per heavy atom. The van der Waals surface area contributed by atoms with E-state index in [-0.39, 0.29) is 11.9 Å². The number of carbonyl (C=O) groups is 1. The lowest BCUT2D eigenvalue weighted by Gasteiger charge is -2.24. The van der Waals surface area contributed by atoms with Crippen LogP contribution in [0.4, 0.5) is 0 Å². The first-order chi connectivity index (χ1) is 9.74. The predicted molar refractivity (Wildman–Crippen MR) is 82.7 cm³/mol. The van der Waals surface area contributed by atoms with Gasteiger partial charge in [-0.1, -0.05) is 26.7 Å². The number of fused-ring (bicyclic) bond motifs is 1. The number of amides is 1. The lowest BCUT2D eigenvalue weighted by atomic mass is 9.85. The van der Waals surface area contributed by atoms with E-state index in [9.17, 15) is 4.79 Å². The van der Waals surface area contributed by atoms with Gasteiger partial charge in [-0.05, 0) is 44.7 Å². The Kier molecular flexibility index (Phi) is 6.30. The molecule has 2 aliphatic rings. The minimum absolute atomic E-state index is 0.0596. The highest BCUT2D eigenvalue weighted by Crippen LogP contribution is 2.33. The second-order valence-corrected chi connectivity index (χ2v) is 6.33. The first-order valence-electron chi connectivity index (χ1n) is 8.50. The summed E-state index contributed by atoms with van der Waals surface area (Å²) >= 11 is 0. The SMILES string of the molecule is CCCN(CC)CCNC(=O)C1CC2CCCCC2N1. The van der Waals surface area contributed by atoms with Gasteiger partial charge >= 0.3 is 0 Å². The summed E-state index contributed by atoms with van der Waals surface area (Å²) in [4.78, 5) is 14.6. The number of hydrogen-bond donors (Lipinski definition) is 2.